The lowest BCUT2D eigenvalue weighted by Crippen LogP contribution is -2.34. The van der Waals surface area contributed by atoms with Gasteiger partial charge in [0.1, 0.15) is 17.4 Å². The van der Waals surface area contributed by atoms with Gasteiger partial charge in [0.2, 0.25) is 5.88 Å². The summed E-state index contributed by atoms with van der Waals surface area (Å²) in [6, 6.07) is 4.52. The van der Waals surface area contributed by atoms with Crippen molar-refractivity contribution in [1.82, 2.24) is 9.78 Å². The highest BCUT2D eigenvalue weighted by molar-refractivity contribution is 5.99. The number of nitriles is 1. The zero-order valence-electron chi connectivity index (χ0n) is 16.2. The molecule has 3 aliphatic rings. The second-order valence-electron chi connectivity index (χ2n) is 8.80. The fourth-order valence-corrected chi connectivity index (χ4v) is 4.77. The van der Waals surface area contributed by atoms with Crippen molar-refractivity contribution in [2.24, 2.45) is 11.1 Å². The van der Waals surface area contributed by atoms with E-state index < -0.39 is 5.92 Å². The quantitative estimate of drug-likeness (QED) is 0.860. The van der Waals surface area contributed by atoms with Gasteiger partial charge in [-0.3, -0.25) is 9.48 Å². The molecule has 0 saturated heterocycles. The van der Waals surface area contributed by atoms with E-state index in [0.717, 1.165) is 24.2 Å². The maximum absolute atomic E-state index is 13.1. The SMILES string of the molecule is Cc1cc([C@H]2C(C#N)=C(N)OC3=C2C(=O)CC(C)(C)C3)n(C2CCCC2)n1. The smallest absolute Gasteiger partial charge is 0.205 e. The van der Waals surface area contributed by atoms with E-state index >= 15 is 0 Å². The van der Waals surface area contributed by atoms with Gasteiger partial charge in [-0.05, 0) is 31.2 Å². The average molecular weight is 366 g/mol. The summed E-state index contributed by atoms with van der Waals surface area (Å²) in [6.45, 7) is 6.06. The van der Waals surface area contributed by atoms with E-state index in [2.05, 4.69) is 19.9 Å². The molecule has 0 radical (unpaired) electrons. The summed E-state index contributed by atoms with van der Waals surface area (Å²) in [5.41, 5.74) is 8.66. The summed E-state index contributed by atoms with van der Waals surface area (Å²) < 4.78 is 7.83. The molecule has 0 amide bonds. The maximum Gasteiger partial charge on any atom is 0.205 e. The van der Waals surface area contributed by atoms with Crippen molar-refractivity contribution in [2.75, 3.05) is 0 Å². The van der Waals surface area contributed by atoms with Crippen LogP contribution in [0.3, 0.4) is 0 Å². The molecule has 0 spiro atoms. The number of allylic oxidation sites excluding steroid dienone is 3. The first kappa shape index (κ1) is 17.8. The van der Waals surface area contributed by atoms with E-state index in [4.69, 9.17) is 15.6 Å². The number of carbonyl (C=O) groups is 1. The largest absolute Gasteiger partial charge is 0.444 e. The number of aryl methyl sites for hydroxylation is 1. The number of hydrogen-bond donors (Lipinski definition) is 1. The topological polar surface area (TPSA) is 93.9 Å². The second-order valence-corrected chi connectivity index (χ2v) is 8.80. The van der Waals surface area contributed by atoms with Crippen molar-refractivity contribution < 1.29 is 9.53 Å². The van der Waals surface area contributed by atoms with Gasteiger partial charge >= 0.3 is 0 Å². The van der Waals surface area contributed by atoms with Gasteiger partial charge in [-0.15, -0.1) is 0 Å². The van der Waals surface area contributed by atoms with E-state index in [1.54, 1.807) is 0 Å². The minimum Gasteiger partial charge on any atom is -0.444 e. The number of hydrogen-bond acceptors (Lipinski definition) is 5. The van der Waals surface area contributed by atoms with E-state index in [9.17, 15) is 10.1 Å². The normalized spacial score (nSPS) is 25.4. The Balaban J connectivity index is 1.89. The molecule has 1 aromatic heterocycles. The molecule has 4 rings (SSSR count). The predicted octanol–water partition coefficient (Wildman–Crippen LogP) is 3.76. The molecule has 6 heteroatoms. The molecule has 2 N–H and O–H groups in total. The number of aromatic nitrogens is 2. The Morgan fingerprint density at radius 2 is 2.04 bits per heavy atom. The first-order chi connectivity index (χ1) is 12.8. The van der Waals surface area contributed by atoms with Gasteiger partial charge in [-0.25, -0.2) is 0 Å². The van der Waals surface area contributed by atoms with Crippen LogP contribution in [0.1, 0.15) is 75.7 Å². The highest BCUT2D eigenvalue weighted by Gasteiger charge is 2.44. The first-order valence-corrected chi connectivity index (χ1v) is 9.70. The molecule has 1 aromatic rings. The van der Waals surface area contributed by atoms with E-state index in [0.29, 0.717) is 35.8 Å². The van der Waals surface area contributed by atoms with Crippen molar-refractivity contribution in [1.29, 1.82) is 5.26 Å². The van der Waals surface area contributed by atoms with Crippen LogP contribution in [-0.2, 0) is 9.53 Å². The van der Waals surface area contributed by atoms with Crippen LogP contribution >= 0.6 is 0 Å². The Morgan fingerprint density at radius 1 is 1.33 bits per heavy atom. The third kappa shape index (κ3) is 2.95. The summed E-state index contributed by atoms with van der Waals surface area (Å²) >= 11 is 0. The first-order valence-electron chi connectivity index (χ1n) is 9.70. The minimum atomic E-state index is -0.482. The van der Waals surface area contributed by atoms with Crippen LogP contribution in [0, 0.1) is 23.7 Å². The fraction of sp³-hybridized carbons (Fsp3) is 0.571. The average Bonchev–Trinajstić information content (AvgIpc) is 3.21. The molecule has 1 atom stereocenters. The van der Waals surface area contributed by atoms with Crippen LogP contribution in [0.5, 0.6) is 0 Å². The summed E-state index contributed by atoms with van der Waals surface area (Å²) in [4.78, 5) is 13.1. The van der Waals surface area contributed by atoms with Crippen LogP contribution in [-0.4, -0.2) is 15.6 Å². The Labute approximate surface area is 159 Å². The molecule has 6 nitrogen and oxygen atoms in total. The zero-order valence-corrected chi connectivity index (χ0v) is 16.2. The Morgan fingerprint density at radius 3 is 2.70 bits per heavy atom. The Hall–Kier alpha value is -2.55. The third-order valence-corrected chi connectivity index (χ3v) is 5.93. The lowest BCUT2D eigenvalue weighted by molar-refractivity contribution is -0.119. The van der Waals surface area contributed by atoms with Crippen LogP contribution in [0.2, 0.25) is 0 Å². The van der Waals surface area contributed by atoms with Crippen LogP contribution < -0.4 is 5.73 Å². The van der Waals surface area contributed by atoms with Gasteiger partial charge < -0.3 is 10.5 Å². The summed E-state index contributed by atoms with van der Waals surface area (Å²) in [5.74, 6) is 0.297. The molecule has 1 aliphatic heterocycles. The van der Waals surface area contributed by atoms with Gasteiger partial charge in [0.15, 0.2) is 5.78 Å². The van der Waals surface area contributed by atoms with Crippen molar-refractivity contribution >= 4 is 5.78 Å². The molecule has 0 aromatic carbocycles. The highest BCUT2D eigenvalue weighted by atomic mass is 16.5. The Kier molecular flexibility index (Phi) is 4.14. The van der Waals surface area contributed by atoms with Crippen molar-refractivity contribution in [3.8, 4) is 6.07 Å². The molecule has 0 unspecified atom stereocenters. The van der Waals surface area contributed by atoms with Crippen LogP contribution in [0.15, 0.2) is 28.9 Å². The zero-order chi connectivity index (χ0) is 19.3. The maximum atomic E-state index is 13.1. The van der Waals surface area contributed by atoms with E-state index in [-0.39, 0.29) is 17.1 Å². The number of ether oxygens (including phenoxy) is 1. The molecule has 1 saturated carbocycles. The van der Waals surface area contributed by atoms with Gasteiger partial charge in [0.05, 0.1) is 23.3 Å². The molecule has 0 bridgehead atoms. The number of nitrogens with zero attached hydrogens (tertiary/aromatic N) is 3. The lowest BCUT2D eigenvalue weighted by Gasteiger charge is -2.37. The molecule has 1 fully saturated rings. The molecular weight excluding hydrogens is 340 g/mol. The van der Waals surface area contributed by atoms with Gasteiger partial charge in [-0.1, -0.05) is 26.7 Å². The van der Waals surface area contributed by atoms with Gasteiger partial charge in [-0.2, -0.15) is 10.4 Å². The van der Waals surface area contributed by atoms with Crippen LogP contribution in [0.4, 0.5) is 0 Å². The summed E-state index contributed by atoms with van der Waals surface area (Å²) in [6.07, 6.45) is 5.60. The van der Waals surface area contributed by atoms with Gasteiger partial charge in [0, 0.05) is 18.4 Å². The highest BCUT2D eigenvalue weighted by Crippen LogP contribution is 2.48. The predicted molar refractivity (Wildman–Crippen MR) is 100 cm³/mol. The second kappa shape index (κ2) is 6.26. The molecule has 2 aliphatic carbocycles. The standard InChI is InChI=1S/C21H26N4O2/c1-12-8-15(25(24-12)13-6-4-5-7-13)18-14(11-22)20(23)27-17-10-21(2,3)9-16(26)19(17)18/h8,13,18H,4-7,9-10,23H2,1-3H3/t18-/m1/s1. The van der Waals surface area contributed by atoms with Crippen molar-refractivity contribution in [2.45, 2.75) is 71.3 Å². The molecular formula is C21H26N4O2. The number of Topliss-reactive ketones (excluding diaryl/α,β-unsaturated/α-hetero) is 1. The van der Waals surface area contributed by atoms with Crippen molar-refractivity contribution in [3.63, 3.8) is 0 Å². The molecule has 27 heavy (non-hydrogen) atoms. The van der Waals surface area contributed by atoms with Gasteiger partial charge in [0.25, 0.3) is 0 Å². The summed E-state index contributed by atoms with van der Waals surface area (Å²) in [5, 5.41) is 14.5. The monoisotopic (exact) mass is 366 g/mol. The Bertz CT molecular complexity index is 907. The van der Waals surface area contributed by atoms with Crippen LogP contribution in [0.25, 0.3) is 0 Å². The minimum absolute atomic E-state index is 0.0447. The lowest BCUT2D eigenvalue weighted by atomic mass is 9.71. The summed E-state index contributed by atoms with van der Waals surface area (Å²) in [7, 11) is 0. The number of carbonyl (C=O) groups excluding carboxylic acids is 1. The van der Waals surface area contributed by atoms with E-state index in [1.165, 1.54) is 12.8 Å². The number of ketones is 1. The third-order valence-electron chi connectivity index (χ3n) is 5.93. The van der Waals surface area contributed by atoms with Crippen molar-refractivity contribution in [3.05, 3.63) is 40.2 Å². The van der Waals surface area contributed by atoms with E-state index in [1.807, 2.05) is 17.7 Å². The fourth-order valence-electron chi connectivity index (χ4n) is 4.77. The molecule has 2 heterocycles. The number of nitrogens with two attached hydrogens (primary N) is 1. The molecule has 142 valence electrons. The number of rotatable bonds is 2.